The predicted molar refractivity (Wildman–Crippen MR) is 103 cm³/mol. The fourth-order valence-corrected chi connectivity index (χ4v) is 3.28. The molecule has 148 valence electrons. The molecule has 7 heteroatoms. The second-order valence-electron chi connectivity index (χ2n) is 6.02. The number of carbonyl (C=O) groups is 2. The van der Waals surface area contributed by atoms with Crippen molar-refractivity contribution in [2.75, 3.05) is 26.4 Å². The maximum atomic E-state index is 12.6. The third-order valence-corrected chi connectivity index (χ3v) is 4.71. The van der Waals surface area contributed by atoms with Crippen molar-refractivity contribution in [1.29, 1.82) is 0 Å². The molecule has 0 unspecified atom stereocenters. The summed E-state index contributed by atoms with van der Waals surface area (Å²) in [5.41, 5.74) is 0.316. The van der Waals surface area contributed by atoms with Crippen LogP contribution in [0, 0.1) is 0 Å². The number of hydrogen-bond acceptors (Lipinski definition) is 6. The Bertz CT molecular complexity index is 533. The van der Waals surface area contributed by atoms with Gasteiger partial charge in [-0.1, -0.05) is 26.2 Å². The quantitative estimate of drug-likeness (QED) is 0.358. The first kappa shape index (κ1) is 22.6. The van der Waals surface area contributed by atoms with E-state index in [0.717, 1.165) is 37.1 Å². The van der Waals surface area contributed by atoms with Gasteiger partial charge in [-0.3, -0.25) is 4.79 Å². The first-order valence-electron chi connectivity index (χ1n) is 9.59. The Morgan fingerprint density at radius 3 is 2.62 bits per heavy atom. The number of carbonyl (C=O) groups excluding carboxylic acids is 2. The molecule has 0 aliphatic heterocycles. The zero-order chi connectivity index (χ0) is 19.2. The minimum absolute atomic E-state index is 0.144. The molecule has 0 aliphatic carbocycles. The summed E-state index contributed by atoms with van der Waals surface area (Å²) < 4.78 is 10.3. The maximum Gasteiger partial charge on any atom is 0.357 e. The number of nitrogens with zero attached hydrogens (tertiary/aromatic N) is 2. The third kappa shape index (κ3) is 8.76. The Labute approximate surface area is 160 Å². The van der Waals surface area contributed by atoms with Crippen LogP contribution < -0.4 is 0 Å². The Balaban J connectivity index is 2.62. The zero-order valence-electron chi connectivity index (χ0n) is 16.3. The summed E-state index contributed by atoms with van der Waals surface area (Å²) in [7, 11) is 0. The third-order valence-electron chi connectivity index (χ3n) is 3.88. The molecule has 0 atom stereocenters. The minimum Gasteiger partial charge on any atom is -0.461 e. The van der Waals surface area contributed by atoms with Crippen molar-refractivity contribution in [3.05, 3.63) is 16.1 Å². The summed E-state index contributed by atoms with van der Waals surface area (Å²) in [4.78, 5) is 30.5. The van der Waals surface area contributed by atoms with E-state index in [0.29, 0.717) is 45.0 Å². The number of aromatic nitrogens is 1. The molecule has 0 spiro atoms. The molecule has 1 aromatic rings. The largest absolute Gasteiger partial charge is 0.461 e. The van der Waals surface area contributed by atoms with Crippen LogP contribution in [0.2, 0.25) is 0 Å². The highest BCUT2D eigenvalue weighted by atomic mass is 32.1. The first-order valence-corrected chi connectivity index (χ1v) is 10.5. The molecular weight excluding hydrogens is 352 g/mol. The molecule has 1 amide bonds. The molecule has 26 heavy (non-hydrogen) atoms. The maximum absolute atomic E-state index is 12.6. The van der Waals surface area contributed by atoms with Crippen LogP contribution in [0.1, 0.15) is 74.8 Å². The lowest BCUT2D eigenvalue weighted by atomic mass is 10.1. The van der Waals surface area contributed by atoms with Gasteiger partial charge in [0.1, 0.15) is 5.01 Å². The van der Waals surface area contributed by atoms with E-state index in [1.807, 2.05) is 11.8 Å². The fraction of sp³-hybridized carbons (Fsp3) is 0.737. The van der Waals surface area contributed by atoms with Gasteiger partial charge in [-0.2, -0.15) is 0 Å². The molecular formula is C19H32N2O4S. The normalized spacial score (nSPS) is 10.7. The monoisotopic (exact) mass is 384 g/mol. The van der Waals surface area contributed by atoms with E-state index >= 15 is 0 Å². The van der Waals surface area contributed by atoms with Crippen LogP contribution in [0.4, 0.5) is 0 Å². The van der Waals surface area contributed by atoms with E-state index in [9.17, 15) is 9.59 Å². The van der Waals surface area contributed by atoms with Crippen LogP contribution in [0.25, 0.3) is 0 Å². The van der Waals surface area contributed by atoms with E-state index in [1.54, 1.807) is 12.3 Å². The Morgan fingerprint density at radius 2 is 1.92 bits per heavy atom. The Kier molecular flexibility index (Phi) is 11.9. The van der Waals surface area contributed by atoms with Gasteiger partial charge in [-0.25, -0.2) is 9.78 Å². The van der Waals surface area contributed by atoms with E-state index in [1.165, 1.54) is 11.3 Å². The SMILES string of the molecule is CCCCCCC(=O)N(CCCOCC)Cc1nc(C(=O)OCC)cs1. The van der Waals surface area contributed by atoms with Crippen molar-refractivity contribution >= 4 is 23.2 Å². The van der Waals surface area contributed by atoms with Gasteiger partial charge in [0, 0.05) is 31.6 Å². The number of ether oxygens (including phenoxy) is 2. The molecule has 6 nitrogen and oxygen atoms in total. The number of thiazole rings is 1. The van der Waals surface area contributed by atoms with Crippen LogP contribution in [0.15, 0.2) is 5.38 Å². The topological polar surface area (TPSA) is 68.7 Å². The van der Waals surface area contributed by atoms with Gasteiger partial charge < -0.3 is 14.4 Å². The molecule has 0 fully saturated rings. The molecule has 0 aromatic carbocycles. The van der Waals surface area contributed by atoms with Gasteiger partial charge in [0.25, 0.3) is 0 Å². The summed E-state index contributed by atoms with van der Waals surface area (Å²) in [6, 6.07) is 0. The first-order chi connectivity index (χ1) is 12.6. The van der Waals surface area contributed by atoms with Crippen LogP contribution in [-0.4, -0.2) is 48.1 Å². The van der Waals surface area contributed by atoms with Crippen LogP contribution in [-0.2, 0) is 20.8 Å². The second-order valence-corrected chi connectivity index (χ2v) is 6.97. The van der Waals surface area contributed by atoms with Crippen molar-refractivity contribution < 1.29 is 19.1 Å². The lowest BCUT2D eigenvalue weighted by molar-refractivity contribution is -0.132. The standard InChI is InChI=1S/C19H32N2O4S/c1-4-7-8-9-11-18(22)21(12-10-13-24-5-2)14-17-20-16(15-26-17)19(23)25-6-3/h15H,4-14H2,1-3H3. The molecule has 0 radical (unpaired) electrons. The number of unbranched alkanes of at least 4 members (excludes halogenated alkanes) is 3. The van der Waals surface area contributed by atoms with Crippen molar-refractivity contribution in [3.8, 4) is 0 Å². The Morgan fingerprint density at radius 1 is 1.12 bits per heavy atom. The number of rotatable bonds is 14. The van der Waals surface area contributed by atoms with Gasteiger partial charge in [0.15, 0.2) is 5.69 Å². The summed E-state index contributed by atoms with van der Waals surface area (Å²) in [6.07, 6.45) is 5.67. The average Bonchev–Trinajstić information content (AvgIpc) is 3.10. The minimum atomic E-state index is -0.413. The lowest BCUT2D eigenvalue weighted by Gasteiger charge is -2.21. The van der Waals surface area contributed by atoms with E-state index in [4.69, 9.17) is 9.47 Å². The second kappa shape index (κ2) is 13.7. The Hall–Kier alpha value is -1.47. The van der Waals surface area contributed by atoms with Gasteiger partial charge in [-0.15, -0.1) is 11.3 Å². The average molecular weight is 385 g/mol. The molecule has 1 aromatic heterocycles. The van der Waals surface area contributed by atoms with Crippen molar-refractivity contribution in [2.45, 2.75) is 65.8 Å². The summed E-state index contributed by atoms with van der Waals surface area (Å²) in [5, 5.41) is 2.45. The van der Waals surface area contributed by atoms with Gasteiger partial charge >= 0.3 is 5.97 Å². The van der Waals surface area contributed by atoms with Crippen molar-refractivity contribution in [1.82, 2.24) is 9.88 Å². The number of hydrogen-bond donors (Lipinski definition) is 0. The summed E-state index contributed by atoms with van der Waals surface area (Å²) in [6.45, 7) is 8.61. The van der Waals surface area contributed by atoms with Gasteiger partial charge in [-0.05, 0) is 26.7 Å². The lowest BCUT2D eigenvalue weighted by Crippen LogP contribution is -2.32. The van der Waals surface area contributed by atoms with Gasteiger partial charge in [0.05, 0.1) is 13.2 Å². The van der Waals surface area contributed by atoms with Crippen LogP contribution in [0.5, 0.6) is 0 Å². The van der Waals surface area contributed by atoms with Crippen molar-refractivity contribution in [2.24, 2.45) is 0 Å². The molecule has 0 aliphatic rings. The molecule has 1 heterocycles. The van der Waals surface area contributed by atoms with E-state index in [2.05, 4.69) is 11.9 Å². The van der Waals surface area contributed by atoms with Crippen LogP contribution in [0.3, 0.4) is 0 Å². The molecule has 1 rings (SSSR count). The molecule has 0 saturated carbocycles. The molecule has 0 N–H and O–H groups in total. The summed E-state index contributed by atoms with van der Waals surface area (Å²) in [5.74, 6) is -0.269. The number of esters is 1. The smallest absolute Gasteiger partial charge is 0.357 e. The number of amides is 1. The van der Waals surface area contributed by atoms with Crippen molar-refractivity contribution in [3.63, 3.8) is 0 Å². The zero-order valence-corrected chi connectivity index (χ0v) is 17.1. The van der Waals surface area contributed by atoms with Gasteiger partial charge in [0.2, 0.25) is 5.91 Å². The summed E-state index contributed by atoms with van der Waals surface area (Å²) >= 11 is 1.39. The highest BCUT2D eigenvalue weighted by Crippen LogP contribution is 2.15. The van der Waals surface area contributed by atoms with E-state index < -0.39 is 5.97 Å². The highest BCUT2D eigenvalue weighted by molar-refractivity contribution is 7.09. The molecule has 0 saturated heterocycles. The highest BCUT2D eigenvalue weighted by Gasteiger charge is 2.17. The van der Waals surface area contributed by atoms with Crippen LogP contribution >= 0.6 is 11.3 Å². The molecule has 0 bridgehead atoms. The predicted octanol–water partition coefficient (Wildman–Crippen LogP) is 4.05. The van der Waals surface area contributed by atoms with E-state index in [-0.39, 0.29) is 5.91 Å². The fourth-order valence-electron chi connectivity index (χ4n) is 2.50.